The molecule has 1 saturated heterocycles. The number of hydrogen-bond acceptors (Lipinski definition) is 3. The third-order valence-electron chi connectivity index (χ3n) is 2.95. The molecule has 3 nitrogen and oxygen atoms in total. The first-order valence-corrected chi connectivity index (χ1v) is 5.39. The van der Waals surface area contributed by atoms with Crippen LogP contribution in [0.25, 0.3) is 0 Å². The number of piperazine rings is 1. The number of nitrogens with zero attached hydrogens (tertiary/aromatic N) is 2. The van der Waals surface area contributed by atoms with Crippen LogP contribution in [0, 0.1) is 5.82 Å². The average molecular weight is 295 g/mol. The van der Waals surface area contributed by atoms with Crippen LogP contribution in [0.5, 0.6) is 0 Å². The Morgan fingerprint density at radius 1 is 1.17 bits per heavy atom. The van der Waals surface area contributed by atoms with E-state index in [1.165, 1.54) is 6.07 Å². The van der Waals surface area contributed by atoms with E-state index in [0.29, 0.717) is 17.5 Å². The van der Waals surface area contributed by atoms with E-state index in [-0.39, 0.29) is 30.6 Å². The first kappa shape index (κ1) is 17.2. The minimum Gasteiger partial charge on any atom is -0.367 e. The summed E-state index contributed by atoms with van der Waals surface area (Å²) in [7, 11) is 2.06. The number of aldehydes is 1. The zero-order valence-electron chi connectivity index (χ0n) is 10.1. The van der Waals surface area contributed by atoms with E-state index < -0.39 is 0 Å². The molecule has 0 aromatic heterocycles. The molecule has 1 aliphatic rings. The normalized spacial score (nSPS) is 15.6. The topological polar surface area (TPSA) is 23.6 Å². The van der Waals surface area contributed by atoms with Crippen molar-refractivity contribution < 1.29 is 9.18 Å². The summed E-state index contributed by atoms with van der Waals surface area (Å²) in [5.41, 5.74) is 0.981. The Kier molecular flexibility index (Phi) is 7.21. The molecule has 1 aromatic carbocycles. The van der Waals surface area contributed by atoms with Gasteiger partial charge in [0.15, 0.2) is 0 Å². The maximum absolute atomic E-state index is 13.7. The molecule has 0 bridgehead atoms. The van der Waals surface area contributed by atoms with Crippen molar-refractivity contribution >= 4 is 36.8 Å². The molecule has 1 aromatic rings. The van der Waals surface area contributed by atoms with Gasteiger partial charge in [0, 0.05) is 31.7 Å². The van der Waals surface area contributed by atoms with Crippen LogP contribution in [-0.4, -0.2) is 44.4 Å². The zero-order valence-corrected chi connectivity index (χ0v) is 11.8. The lowest BCUT2D eigenvalue weighted by Gasteiger charge is -2.34. The Morgan fingerprint density at radius 2 is 1.78 bits per heavy atom. The third-order valence-corrected chi connectivity index (χ3v) is 2.95. The van der Waals surface area contributed by atoms with Gasteiger partial charge in [0.05, 0.1) is 5.69 Å². The Labute approximate surface area is 119 Å². The highest BCUT2D eigenvalue weighted by Crippen LogP contribution is 2.21. The summed E-state index contributed by atoms with van der Waals surface area (Å²) in [5.74, 6) is -0.311. The third kappa shape index (κ3) is 3.83. The second-order valence-electron chi connectivity index (χ2n) is 4.12. The molecule has 0 saturated carbocycles. The maximum Gasteiger partial charge on any atom is 0.150 e. The van der Waals surface area contributed by atoms with Crippen LogP contribution < -0.4 is 4.90 Å². The van der Waals surface area contributed by atoms with E-state index in [9.17, 15) is 9.18 Å². The van der Waals surface area contributed by atoms with Crippen LogP contribution in [0.4, 0.5) is 10.1 Å². The smallest absolute Gasteiger partial charge is 0.150 e. The largest absolute Gasteiger partial charge is 0.367 e. The van der Waals surface area contributed by atoms with Crippen molar-refractivity contribution in [3.8, 4) is 0 Å². The minimum atomic E-state index is -0.311. The summed E-state index contributed by atoms with van der Waals surface area (Å²) in [6.07, 6.45) is 0.664. The molecular weight excluding hydrogens is 278 g/mol. The van der Waals surface area contributed by atoms with Gasteiger partial charge in [-0.25, -0.2) is 4.39 Å². The minimum absolute atomic E-state index is 0. The molecule has 6 heteroatoms. The molecule has 1 heterocycles. The van der Waals surface area contributed by atoms with Gasteiger partial charge in [-0.1, -0.05) is 0 Å². The Balaban J connectivity index is 0.00000144. The molecule has 0 unspecified atom stereocenters. The van der Waals surface area contributed by atoms with Crippen LogP contribution in [0.3, 0.4) is 0 Å². The van der Waals surface area contributed by atoms with Crippen molar-refractivity contribution in [2.75, 3.05) is 38.1 Å². The quantitative estimate of drug-likeness (QED) is 0.782. The van der Waals surface area contributed by atoms with Crippen LogP contribution in [-0.2, 0) is 0 Å². The van der Waals surface area contributed by atoms with Crippen molar-refractivity contribution in [1.82, 2.24) is 4.90 Å². The van der Waals surface area contributed by atoms with Crippen LogP contribution >= 0.6 is 24.8 Å². The van der Waals surface area contributed by atoms with E-state index in [1.54, 1.807) is 12.1 Å². The highest BCUT2D eigenvalue weighted by atomic mass is 35.5. The molecule has 0 aliphatic carbocycles. The average Bonchev–Trinajstić information content (AvgIpc) is 2.30. The molecule has 1 aliphatic heterocycles. The molecule has 18 heavy (non-hydrogen) atoms. The summed E-state index contributed by atoms with van der Waals surface area (Å²) in [4.78, 5) is 14.7. The van der Waals surface area contributed by atoms with Gasteiger partial charge in [0.25, 0.3) is 0 Å². The number of halogens is 3. The number of likely N-dealkylation sites (N-methyl/N-ethyl adjacent to an activating group) is 1. The van der Waals surface area contributed by atoms with Crippen molar-refractivity contribution in [3.05, 3.63) is 29.6 Å². The van der Waals surface area contributed by atoms with Gasteiger partial charge in [0.1, 0.15) is 12.1 Å². The highest BCUT2D eigenvalue weighted by molar-refractivity contribution is 5.85. The van der Waals surface area contributed by atoms with Gasteiger partial charge >= 0.3 is 0 Å². The fraction of sp³-hybridized carbons (Fsp3) is 0.417. The fourth-order valence-electron chi connectivity index (χ4n) is 1.90. The predicted octanol–water partition coefficient (Wildman–Crippen LogP) is 2.23. The molecule has 102 valence electrons. The van der Waals surface area contributed by atoms with Gasteiger partial charge in [-0.05, 0) is 25.2 Å². The molecular formula is C12H17Cl2FN2O. The van der Waals surface area contributed by atoms with Gasteiger partial charge in [-0.15, -0.1) is 24.8 Å². The molecule has 0 spiro atoms. The van der Waals surface area contributed by atoms with E-state index in [1.807, 2.05) is 4.90 Å². The Bertz CT molecular complexity index is 396. The van der Waals surface area contributed by atoms with Gasteiger partial charge in [-0.2, -0.15) is 0 Å². The van der Waals surface area contributed by atoms with E-state index in [2.05, 4.69) is 11.9 Å². The standard InChI is InChI=1S/C12H15FN2O.2ClH/c1-14-4-6-15(7-5-14)12-3-2-10(9-16)8-11(12)13;;/h2-3,8-9H,4-7H2,1H3;2*1H. The van der Waals surface area contributed by atoms with Crippen molar-refractivity contribution in [3.63, 3.8) is 0 Å². The predicted molar refractivity (Wildman–Crippen MR) is 76.0 cm³/mol. The van der Waals surface area contributed by atoms with Crippen molar-refractivity contribution in [1.29, 1.82) is 0 Å². The van der Waals surface area contributed by atoms with Gasteiger partial charge in [-0.3, -0.25) is 4.79 Å². The molecule has 1 fully saturated rings. The van der Waals surface area contributed by atoms with Crippen LogP contribution in [0.15, 0.2) is 18.2 Å². The number of rotatable bonds is 2. The summed E-state index contributed by atoms with van der Waals surface area (Å²) in [6.45, 7) is 3.53. The van der Waals surface area contributed by atoms with Gasteiger partial charge in [0.2, 0.25) is 0 Å². The lowest BCUT2D eigenvalue weighted by atomic mass is 10.2. The SMILES string of the molecule is CN1CCN(c2ccc(C=O)cc2F)CC1.Cl.Cl. The number of carbonyl (C=O) groups excluding carboxylic acids is 1. The summed E-state index contributed by atoms with van der Waals surface area (Å²) < 4.78 is 13.7. The number of anilines is 1. The molecule has 0 amide bonds. The fourth-order valence-corrected chi connectivity index (χ4v) is 1.90. The molecule has 2 rings (SSSR count). The molecule has 0 atom stereocenters. The van der Waals surface area contributed by atoms with Crippen LogP contribution in [0.1, 0.15) is 10.4 Å². The van der Waals surface area contributed by atoms with Crippen molar-refractivity contribution in [2.24, 2.45) is 0 Å². The van der Waals surface area contributed by atoms with Crippen molar-refractivity contribution in [2.45, 2.75) is 0 Å². The number of carbonyl (C=O) groups is 1. The molecule has 0 radical (unpaired) electrons. The first-order valence-electron chi connectivity index (χ1n) is 5.39. The lowest BCUT2D eigenvalue weighted by molar-refractivity contribution is 0.112. The maximum atomic E-state index is 13.7. The number of hydrogen-bond donors (Lipinski definition) is 0. The monoisotopic (exact) mass is 294 g/mol. The second kappa shape index (κ2) is 7.56. The van der Waals surface area contributed by atoms with Gasteiger partial charge < -0.3 is 9.80 Å². The van der Waals surface area contributed by atoms with E-state index in [0.717, 1.165) is 26.2 Å². The highest BCUT2D eigenvalue weighted by Gasteiger charge is 2.17. The van der Waals surface area contributed by atoms with Crippen LogP contribution in [0.2, 0.25) is 0 Å². The summed E-state index contributed by atoms with van der Waals surface area (Å²) >= 11 is 0. The lowest BCUT2D eigenvalue weighted by Crippen LogP contribution is -2.44. The van der Waals surface area contributed by atoms with E-state index >= 15 is 0 Å². The second-order valence-corrected chi connectivity index (χ2v) is 4.12. The summed E-state index contributed by atoms with van der Waals surface area (Å²) in [5, 5.41) is 0. The Hall–Kier alpha value is -0.840. The zero-order chi connectivity index (χ0) is 11.5. The van der Waals surface area contributed by atoms with E-state index in [4.69, 9.17) is 0 Å². The number of benzene rings is 1. The Morgan fingerprint density at radius 3 is 2.28 bits per heavy atom. The first-order chi connectivity index (χ1) is 7.70. The molecule has 0 N–H and O–H groups in total. The summed E-state index contributed by atoms with van der Waals surface area (Å²) in [6, 6.07) is 4.63.